The van der Waals surface area contributed by atoms with E-state index in [1.165, 1.54) is 44.9 Å². The van der Waals surface area contributed by atoms with Gasteiger partial charge in [-0.25, -0.2) is 0 Å². The number of carbonyl (C=O) groups is 2. The van der Waals surface area contributed by atoms with Crippen LogP contribution in [0.1, 0.15) is 90.4 Å². The molecule has 0 fully saturated rings. The molecule has 2 N–H and O–H groups in total. The maximum absolute atomic E-state index is 11.8. The lowest BCUT2D eigenvalue weighted by Gasteiger charge is -2.19. The number of nitrogens with zero attached hydrogens (tertiary/aromatic N) is 1. The number of aliphatic carboxylic acids is 1. The molecule has 27 heavy (non-hydrogen) atoms. The minimum absolute atomic E-state index is 0.124. The fourth-order valence-corrected chi connectivity index (χ4v) is 3.04. The molecule has 0 aliphatic heterocycles. The van der Waals surface area contributed by atoms with Gasteiger partial charge >= 0.3 is 5.97 Å². The van der Waals surface area contributed by atoms with E-state index in [0.29, 0.717) is 19.4 Å². The maximum atomic E-state index is 11.8. The van der Waals surface area contributed by atoms with E-state index < -0.39 is 12.0 Å². The Kier molecular flexibility index (Phi) is 17.1. The van der Waals surface area contributed by atoms with Crippen molar-refractivity contribution >= 4 is 11.9 Å². The van der Waals surface area contributed by atoms with Gasteiger partial charge in [0.15, 0.2) is 0 Å². The van der Waals surface area contributed by atoms with Gasteiger partial charge in [-0.05, 0) is 59.0 Å². The van der Waals surface area contributed by atoms with Gasteiger partial charge in [0, 0.05) is 13.0 Å². The van der Waals surface area contributed by atoms with Crippen LogP contribution in [0.15, 0.2) is 12.2 Å². The van der Waals surface area contributed by atoms with Crippen LogP contribution in [0, 0.1) is 0 Å². The Bertz CT molecular complexity index is 408. The first-order chi connectivity index (χ1) is 13.0. The van der Waals surface area contributed by atoms with Crippen molar-refractivity contribution < 1.29 is 14.7 Å². The van der Waals surface area contributed by atoms with Crippen molar-refractivity contribution in [1.82, 2.24) is 10.2 Å². The van der Waals surface area contributed by atoms with Crippen LogP contribution in [-0.4, -0.2) is 48.6 Å². The Hall–Kier alpha value is -1.36. The molecule has 0 rings (SSSR count). The van der Waals surface area contributed by atoms with E-state index in [9.17, 15) is 9.59 Å². The van der Waals surface area contributed by atoms with Crippen molar-refractivity contribution in [2.45, 2.75) is 96.4 Å². The molecule has 5 heteroatoms. The number of carboxylic acid groups (broad SMARTS) is 1. The highest BCUT2D eigenvalue weighted by Crippen LogP contribution is 2.09. The molecule has 0 aliphatic rings. The zero-order chi connectivity index (χ0) is 20.3. The summed E-state index contributed by atoms with van der Waals surface area (Å²) in [5.74, 6) is -0.657. The fourth-order valence-electron chi connectivity index (χ4n) is 3.04. The zero-order valence-corrected chi connectivity index (χ0v) is 17.8. The average molecular weight is 383 g/mol. The third-order valence-electron chi connectivity index (χ3n) is 4.78. The van der Waals surface area contributed by atoms with E-state index in [1.54, 1.807) is 19.0 Å². The van der Waals surface area contributed by atoms with Crippen LogP contribution in [-0.2, 0) is 9.59 Å². The minimum Gasteiger partial charge on any atom is -0.480 e. The van der Waals surface area contributed by atoms with Gasteiger partial charge in [-0.2, -0.15) is 0 Å². The summed E-state index contributed by atoms with van der Waals surface area (Å²) in [5, 5.41) is 12.0. The maximum Gasteiger partial charge on any atom is 0.320 e. The SMILES string of the molecule is CCC/C=C/CCCCCCCCC(=O)NCCCC[C@@H](C(=O)O)N(C)C. The van der Waals surface area contributed by atoms with Gasteiger partial charge in [0.2, 0.25) is 5.91 Å². The summed E-state index contributed by atoms with van der Waals surface area (Å²) in [7, 11) is 3.57. The van der Waals surface area contributed by atoms with Crippen LogP contribution in [0.4, 0.5) is 0 Å². The van der Waals surface area contributed by atoms with Crippen molar-refractivity contribution in [2.75, 3.05) is 20.6 Å². The lowest BCUT2D eigenvalue weighted by molar-refractivity contribution is -0.142. The lowest BCUT2D eigenvalue weighted by Crippen LogP contribution is -2.35. The van der Waals surface area contributed by atoms with E-state index in [4.69, 9.17) is 5.11 Å². The largest absolute Gasteiger partial charge is 0.480 e. The second-order valence-corrected chi connectivity index (χ2v) is 7.58. The van der Waals surface area contributed by atoms with E-state index in [0.717, 1.165) is 25.7 Å². The quantitative estimate of drug-likeness (QED) is 0.265. The topological polar surface area (TPSA) is 69.6 Å². The van der Waals surface area contributed by atoms with Gasteiger partial charge in [-0.3, -0.25) is 14.5 Å². The summed E-state index contributed by atoms with van der Waals surface area (Å²) >= 11 is 0. The smallest absolute Gasteiger partial charge is 0.320 e. The number of unbranched alkanes of at least 4 members (excludes halogenated alkanes) is 8. The molecule has 0 aromatic carbocycles. The molecular formula is C22H42N2O3. The highest BCUT2D eigenvalue weighted by atomic mass is 16.4. The summed E-state index contributed by atoms with van der Waals surface area (Å²) in [6, 6.07) is -0.437. The highest BCUT2D eigenvalue weighted by molar-refractivity contribution is 5.75. The Labute approximate surface area is 166 Å². The van der Waals surface area contributed by atoms with Crippen molar-refractivity contribution in [3.05, 3.63) is 12.2 Å². The van der Waals surface area contributed by atoms with Crippen LogP contribution in [0.5, 0.6) is 0 Å². The molecule has 0 aliphatic carbocycles. The number of allylic oxidation sites excluding steroid dienone is 2. The second kappa shape index (κ2) is 18.0. The molecule has 0 saturated heterocycles. The van der Waals surface area contributed by atoms with Gasteiger partial charge in [0.1, 0.15) is 6.04 Å². The van der Waals surface area contributed by atoms with Gasteiger partial charge < -0.3 is 10.4 Å². The van der Waals surface area contributed by atoms with Gasteiger partial charge in [-0.15, -0.1) is 0 Å². The number of hydrogen-bond acceptors (Lipinski definition) is 3. The third kappa shape index (κ3) is 16.5. The Balaban J connectivity index is 3.43. The summed E-state index contributed by atoms with van der Waals surface area (Å²) in [6.45, 7) is 2.84. The van der Waals surface area contributed by atoms with Gasteiger partial charge in [-0.1, -0.05) is 51.2 Å². The third-order valence-corrected chi connectivity index (χ3v) is 4.78. The lowest BCUT2D eigenvalue weighted by atomic mass is 10.1. The highest BCUT2D eigenvalue weighted by Gasteiger charge is 2.18. The number of rotatable bonds is 18. The number of amides is 1. The first-order valence-electron chi connectivity index (χ1n) is 10.8. The van der Waals surface area contributed by atoms with Crippen molar-refractivity contribution in [2.24, 2.45) is 0 Å². The van der Waals surface area contributed by atoms with Crippen LogP contribution in [0.2, 0.25) is 0 Å². The Morgan fingerprint density at radius 1 is 0.926 bits per heavy atom. The van der Waals surface area contributed by atoms with E-state index >= 15 is 0 Å². The molecule has 0 bridgehead atoms. The Morgan fingerprint density at radius 3 is 2.19 bits per heavy atom. The van der Waals surface area contributed by atoms with Crippen LogP contribution in [0.3, 0.4) is 0 Å². The summed E-state index contributed by atoms with van der Waals surface area (Å²) < 4.78 is 0. The number of carbonyl (C=O) groups excluding carboxylic acids is 1. The standard InChI is InChI=1S/C22H42N2O3/c1-4-5-6-7-8-9-10-11-12-13-14-18-21(25)23-19-16-15-17-20(22(26)27)24(2)3/h6-7,20H,4-5,8-19H2,1-3H3,(H,23,25)(H,26,27)/b7-6+/t20-/m0/s1. The zero-order valence-electron chi connectivity index (χ0n) is 17.8. The minimum atomic E-state index is -0.781. The predicted molar refractivity (Wildman–Crippen MR) is 113 cm³/mol. The van der Waals surface area contributed by atoms with Crippen LogP contribution >= 0.6 is 0 Å². The molecule has 1 atom stereocenters. The Morgan fingerprint density at radius 2 is 1.56 bits per heavy atom. The molecular weight excluding hydrogens is 340 g/mol. The molecule has 0 radical (unpaired) electrons. The molecule has 0 spiro atoms. The monoisotopic (exact) mass is 382 g/mol. The molecule has 0 heterocycles. The van der Waals surface area contributed by atoms with Gasteiger partial charge in [0.25, 0.3) is 0 Å². The number of likely N-dealkylation sites (N-methyl/N-ethyl adjacent to an activating group) is 1. The second-order valence-electron chi connectivity index (χ2n) is 7.58. The molecule has 158 valence electrons. The molecule has 0 unspecified atom stereocenters. The molecule has 0 aromatic heterocycles. The number of hydrogen-bond donors (Lipinski definition) is 2. The van der Waals surface area contributed by atoms with Crippen LogP contribution < -0.4 is 5.32 Å². The summed E-state index contributed by atoms with van der Waals surface area (Å²) in [5.41, 5.74) is 0. The van der Waals surface area contributed by atoms with E-state index in [-0.39, 0.29) is 5.91 Å². The van der Waals surface area contributed by atoms with Crippen molar-refractivity contribution in [1.29, 1.82) is 0 Å². The summed E-state index contributed by atoms with van der Waals surface area (Å²) in [6.07, 6.45) is 18.2. The predicted octanol–water partition coefficient (Wildman–Crippen LogP) is 4.76. The number of carboxylic acids is 1. The van der Waals surface area contributed by atoms with E-state index in [2.05, 4.69) is 24.4 Å². The first kappa shape index (κ1) is 25.6. The number of nitrogens with one attached hydrogen (secondary N) is 1. The first-order valence-corrected chi connectivity index (χ1v) is 10.8. The van der Waals surface area contributed by atoms with Crippen LogP contribution in [0.25, 0.3) is 0 Å². The molecule has 5 nitrogen and oxygen atoms in total. The molecule has 1 amide bonds. The molecule has 0 aromatic rings. The summed E-state index contributed by atoms with van der Waals surface area (Å²) in [4.78, 5) is 24.6. The normalized spacial score (nSPS) is 12.6. The fraction of sp³-hybridized carbons (Fsp3) is 0.818. The molecule has 0 saturated carbocycles. The van der Waals surface area contributed by atoms with Crippen molar-refractivity contribution in [3.8, 4) is 0 Å². The van der Waals surface area contributed by atoms with Gasteiger partial charge in [0.05, 0.1) is 0 Å². The van der Waals surface area contributed by atoms with Crippen molar-refractivity contribution in [3.63, 3.8) is 0 Å². The van der Waals surface area contributed by atoms with E-state index in [1.807, 2.05) is 0 Å². The average Bonchev–Trinajstić information content (AvgIpc) is 2.61.